The van der Waals surface area contributed by atoms with E-state index in [9.17, 15) is 9.59 Å². The number of hydrogen-bond acceptors (Lipinski definition) is 6. The minimum absolute atomic E-state index is 0.0140. The van der Waals surface area contributed by atoms with Crippen LogP contribution in [0.5, 0.6) is 0 Å². The normalized spacial score (nSPS) is 24.3. The lowest BCUT2D eigenvalue weighted by atomic mass is 9.75. The maximum atomic E-state index is 12.7. The molecule has 0 radical (unpaired) electrons. The molecule has 6 nitrogen and oxygen atoms in total. The van der Waals surface area contributed by atoms with Crippen molar-refractivity contribution in [1.29, 1.82) is 0 Å². The molecule has 0 unspecified atom stereocenters. The predicted octanol–water partition coefficient (Wildman–Crippen LogP) is 3.34. The zero-order valence-electron chi connectivity index (χ0n) is 16.8. The van der Waals surface area contributed by atoms with Crippen LogP contribution in [-0.4, -0.2) is 56.5 Å². The van der Waals surface area contributed by atoms with Crippen LogP contribution < -0.4 is 0 Å². The van der Waals surface area contributed by atoms with Gasteiger partial charge in [-0.05, 0) is 33.6 Å². The van der Waals surface area contributed by atoms with Gasteiger partial charge in [-0.15, -0.1) is 11.6 Å². The van der Waals surface area contributed by atoms with Gasteiger partial charge in [-0.25, -0.2) is 0 Å². The Kier molecular flexibility index (Phi) is 9.00. The third-order valence-corrected chi connectivity index (χ3v) is 4.92. The second-order valence-electron chi connectivity index (χ2n) is 8.30. The molecular weight excluding hydrogens is 360 g/mol. The molecule has 0 amide bonds. The van der Waals surface area contributed by atoms with E-state index in [1.807, 2.05) is 13.8 Å². The number of rotatable bonds is 9. The summed E-state index contributed by atoms with van der Waals surface area (Å²) in [5.41, 5.74) is -1.18. The highest BCUT2D eigenvalue weighted by molar-refractivity contribution is 6.17. The van der Waals surface area contributed by atoms with Gasteiger partial charge in [0.25, 0.3) is 0 Å². The van der Waals surface area contributed by atoms with Gasteiger partial charge in [0, 0.05) is 24.8 Å². The Balaban J connectivity index is 2.84. The van der Waals surface area contributed by atoms with Gasteiger partial charge in [0.05, 0.1) is 17.6 Å². The maximum absolute atomic E-state index is 12.7. The van der Waals surface area contributed by atoms with Gasteiger partial charge in [0.1, 0.15) is 25.3 Å². The Bertz CT molecular complexity index is 471. The van der Waals surface area contributed by atoms with Crippen LogP contribution in [0.4, 0.5) is 0 Å². The lowest BCUT2D eigenvalue weighted by Crippen LogP contribution is -2.52. The molecule has 26 heavy (non-hydrogen) atoms. The average molecular weight is 393 g/mol. The molecule has 1 fully saturated rings. The largest absolute Gasteiger partial charge is 0.462 e. The third kappa shape index (κ3) is 6.48. The lowest BCUT2D eigenvalue weighted by molar-refractivity contribution is -0.201. The van der Waals surface area contributed by atoms with Gasteiger partial charge >= 0.3 is 5.97 Å². The SMILES string of the molecule is COCO[C@H](COC(=O)C(C)(C)C)[C@@H]1CC(=O)C(C)(C)[C@@H](CCCCl)O1. The third-order valence-electron chi connectivity index (χ3n) is 4.65. The first-order valence-corrected chi connectivity index (χ1v) is 9.60. The number of hydrogen-bond donors (Lipinski definition) is 0. The van der Waals surface area contributed by atoms with Gasteiger partial charge in [0.2, 0.25) is 0 Å². The van der Waals surface area contributed by atoms with E-state index in [0.29, 0.717) is 12.3 Å². The highest BCUT2D eigenvalue weighted by atomic mass is 35.5. The average Bonchev–Trinajstić information content (AvgIpc) is 2.55. The van der Waals surface area contributed by atoms with Crippen LogP contribution in [-0.2, 0) is 28.5 Å². The fourth-order valence-corrected chi connectivity index (χ4v) is 2.91. The molecule has 0 aliphatic carbocycles. The van der Waals surface area contributed by atoms with Crippen LogP contribution in [0.1, 0.15) is 53.9 Å². The Morgan fingerprint density at radius 3 is 2.58 bits per heavy atom. The molecule has 0 aromatic carbocycles. The molecule has 0 N–H and O–H groups in total. The van der Waals surface area contributed by atoms with E-state index in [1.165, 1.54) is 7.11 Å². The predicted molar refractivity (Wildman–Crippen MR) is 99.2 cm³/mol. The van der Waals surface area contributed by atoms with E-state index >= 15 is 0 Å². The number of ether oxygens (including phenoxy) is 4. The Morgan fingerprint density at radius 1 is 1.38 bits per heavy atom. The maximum Gasteiger partial charge on any atom is 0.311 e. The first-order valence-electron chi connectivity index (χ1n) is 9.06. The minimum atomic E-state index is -0.611. The molecule has 1 saturated heterocycles. The van der Waals surface area contributed by atoms with E-state index in [-0.39, 0.29) is 37.7 Å². The summed E-state index contributed by atoms with van der Waals surface area (Å²) in [5, 5.41) is 0. The summed E-state index contributed by atoms with van der Waals surface area (Å²) in [7, 11) is 1.51. The van der Waals surface area contributed by atoms with Crippen LogP contribution >= 0.6 is 11.6 Å². The highest BCUT2D eigenvalue weighted by Gasteiger charge is 2.46. The van der Waals surface area contributed by atoms with Crippen LogP contribution in [0.3, 0.4) is 0 Å². The van der Waals surface area contributed by atoms with Crippen molar-refractivity contribution in [2.75, 3.05) is 26.4 Å². The molecule has 1 aliphatic rings. The number of halogens is 1. The van der Waals surface area contributed by atoms with Crippen LogP contribution in [0.25, 0.3) is 0 Å². The number of methoxy groups -OCH3 is 1. The van der Waals surface area contributed by atoms with Crippen LogP contribution in [0.15, 0.2) is 0 Å². The fourth-order valence-electron chi connectivity index (χ4n) is 2.76. The van der Waals surface area contributed by atoms with Crippen molar-refractivity contribution in [1.82, 2.24) is 0 Å². The minimum Gasteiger partial charge on any atom is -0.462 e. The quantitative estimate of drug-likeness (QED) is 0.340. The second kappa shape index (κ2) is 10.0. The number of carbonyl (C=O) groups excluding carboxylic acids is 2. The molecule has 1 rings (SSSR count). The number of esters is 1. The first-order chi connectivity index (χ1) is 12.0. The molecule has 0 aromatic rings. The molecule has 1 heterocycles. The Labute approximate surface area is 161 Å². The summed E-state index contributed by atoms with van der Waals surface area (Å²) in [6.45, 7) is 9.19. The van der Waals surface area contributed by atoms with E-state index in [2.05, 4.69) is 0 Å². The monoisotopic (exact) mass is 392 g/mol. The molecule has 152 valence electrons. The summed E-state index contributed by atoms with van der Waals surface area (Å²) < 4.78 is 22.2. The molecular formula is C19H33ClO6. The zero-order chi connectivity index (χ0) is 20.0. The van der Waals surface area contributed by atoms with Crippen LogP contribution in [0, 0.1) is 10.8 Å². The van der Waals surface area contributed by atoms with Crippen molar-refractivity contribution in [3.05, 3.63) is 0 Å². The second-order valence-corrected chi connectivity index (χ2v) is 8.68. The number of Topliss-reactive ketones (excluding diaryl/α,β-unsaturated/α-hetero) is 1. The number of alkyl halides is 1. The fraction of sp³-hybridized carbons (Fsp3) is 0.895. The molecule has 0 saturated carbocycles. The first kappa shape index (κ1) is 23.3. The lowest BCUT2D eigenvalue weighted by Gasteiger charge is -2.43. The molecule has 1 aliphatic heterocycles. The molecule has 0 bridgehead atoms. The Morgan fingerprint density at radius 2 is 2.04 bits per heavy atom. The number of carbonyl (C=O) groups is 2. The van der Waals surface area contributed by atoms with Gasteiger partial charge in [0.15, 0.2) is 0 Å². The van der Waals surface area contributed by atoms with Crippen molar-refractivity contribution >= 4 is 23.4 Å². The standard InChI is InChI=1S/C19H33ClO6/c1-18(2,3)17(22)24-11-14(25-12-23-6)13-10-15(21)19(4,5)16(26-13)8-7-9-20/h13-14,16H,7-12H2,1-6H3/t13-,14+,16+/m0/s1. The smallest absolute Gasteiger partial charge is 0.311 e. The van der Waals surface area contributed by atoms with Gasteiger partial charge in [-0.2, -0.15) is 0 Å². The van der Waals surface area contributed by atoms with E-state index in [1.54, 1.807) is 20.8 Å². The van der Waals surface area contributed by atoms with E-state index in [4.69, 9.17) is 30.5 Å². The number of ketones is 1. The summed E-state index contributed by atoms with van der Waals surface area (Å²) in [6, 6.07) is 0. The van der Waals surface area contributed by atoms with Crippen molar-refractivity contribution < 1.29 is 28.5 Å². The van der Waals surface area contributed by atoms with E-state index < -0.39 is 23.0 Å². The highest BCUT2D eigenvalue weighted by Crippen LogP contribution is 2.37. The van der Waals surface area contributed by atoms with Gasteiger partial charge in [-0.3, -0.25) is 9.59 Å². The molecule has 0 aromatic heterocycles. The zero-order valence-corrected chi connectivity index (χ0v) is 17.6. The van der Waals surface area contributed by atoms with Crippen LogP contribution in [0.2, 0.25) is 0 Å². The van der Waals surface area contributed by atoms with Crippen molar-refractivity contribution in [2.45, 2.75) is 72.2 Å². The van der Waals surface area contributed by atoms with Crippen molar-refractivity contribution in [2.24, 2.45) is 10.8 Å². The summed E-state index contributed by atoms with van der Waals surface area (Å²) in [4.78, 5) is 24.7. The molecule has 7 heteroatoms. The molecule has 3 atom stereocenters. The summed E-state index contributed by atoms with van der Waals surface area (Å²) >= 11 is 5.81. The summed E-state index contributed by atoms with van der Waals surface area (Å²) in [6.07, 6.45) is 0.361. The Hall–Kier alpha value is -0.690. The molecule has 0 spiro atoms. The van der Waals surface area contributed by atoms with Crippen molar-refractivity contribution in [3.63, 3.8) is 0 Å². The van der Waals surface area contributed by atoms with Gasteiger partial charge < -0.3 is 18.9 Å². The topological polar surface area (TPSA) is 71.1 Å². The van der Waals surface area contributed by atoms with Gasteiger partial charge in [-0.1, -0.05) is 13.8 Å². The summed E-state index contributed by atoms with van der Waals surface area (Å²) in [5.74, 6) is 0.299. The van der Waals surface area contributed by atoms with Crippen molar-refractivity contribution in [3.8, 4) is 0 Å². The van der Waals surface area contributed by atoms with E-state index in [0.717, 1.165) is 6.42 Å².